The van der Waals surface area contributed by atoms with Gasteiger partial charge in [-0.2, -0.15) is 0 Å². The van der Waals surface area contributed by atoms with Crippen LogP contribution in [0.2, 0.25) is 0 Å². The molecule has 0 radical (unpaired) electrons. The monoisotopic (exact) mass is 262 g/mol. The molecule has 6 heteroatoms. The second kappa shape index (κ2) is 5.26. The van der Waals surface area contributed by atoms with E-state index in [1.165, 1.54) is 0 Å². The van der Waals surface area contributed by atoms with E-state index in [4.69, 9.17) is 0 Å². The number of carbonyl (C=O) groups is 2. The molecule has 1 N–H and O–H groups in total. The third kappa shape index (κ3) is 2.67. The molecule has 0 saturated carbocycles. The van der Waals surface area contributed by atoms with Crippen molar-refractivity contribution in [3.63, 3.8) is 0 Å². The summed E-state index contributed by atoms with van der Waals surface area (Å²) in [6.07, 6.45) is 1.55. The number of piperazine rings is 1. The number of carbonyl (C=O) groups excluding carboxylic acids is 2. The lowest BCUT2D eigenvalue weighted by molar-refractivity contribution is -0.127. The molecule has 102 valence electrons. The molecule has 1 saturated heterocycles. The third-order valence-electron chi connectivity index (χ3n) is 3.21. The molecule has 2 amide bonds. The SMILES string of the molecule is CC1C(=O)NCCN1C(=O)c1ccc(N(C)C)nc1. The number of pyridine rings is 1. The van der Waals surface area contributed by atoms with Crippen molar-refractivity contribution < 1.29 is 9.59 Å². The Labute approximate surface area is 112 Å². The second-order valence-corrected chi connectivity index (χ2v) is 4.77. The average molecular weight is 262 g/mol. The van der Waals surface area contributed by atoms with Crippen LogP contribution in [-0.2, 0) is 4.79 Å². The fourth-order valence-electron chi connectivity index (χ4n) is 2.00. The summed E-state index contributed by atoms with van der Waals surface area (Å²) >= 11 is 0. The number of aromatic nitrogens is 1. The molecule has 1 fully saturated rings. The number of amides is 2. The lowest BCUT2D eigenvalue weighted by Gasteiger charge is -2.32. The zero-order chi connectivity index (χ0) is 14.0. The van der Waals surface area contributed by atoms with Crippen LogP contribution >= 0.6 is 0 Å². The first-order chi connectivity index (χ1) is 9.00. The Morgan fingerprint density at radius 1 is 1.47 bits per heavy atom. The van der Waals surface area contributed by atoms with Gasteiger partial charge in [0.1, 0.15) is 11.9 Å². The number of nitrogens with zero attached hydrogens (tertiary/aromatic N) is 3. The highest BCUT2D eigenvalue weighted by atomic mass is 16.2. The maximum Gasteiger partial charge on any atom is 0.256 e. The Morgan fingerprint density at radius 3 is 2.79 bits per heavy atom. The Kier molecular flexibility index (Phi) is 3.69. The zero-order valence-corrected chi connectivity index (χ0v) is 11.4. The number of hydrogen-bond acceptors (Lipinski definition) is 4. The molecule has 1 atom stereocenters. The summed E-state index contributed by atoms with van der Waals surface area (Å²) in [6.45, 7) is 2.76. The molecule has 1 aliphatic rings. The minimum Gasteiger partial charge on any atom is -0.363 e. The van der Waals surface area contributed by atoms with E-state index in [-0.39, 0.29) is 11.8 Å². The van der Waals surface area contributed by atoms with Gasteiger partial charge in [0, 0.05) is 33.4 Å². The highest BCUT2D eigenvalue weighted by molar-refractivity contribution is 5.98. The minimum absolute atomic E-state index is 0.113. The Balaban J connectivity index is 2.17. The van der Waals surface area contributed by atoms with Crippen molar-refractivity contribution in [3.05, 3.63) is 23.9 Å². The predicted molar refractivity (Wildman–Crippen MR) is 72.1 cm³/mol. The first kappa shape index (κ1) is 13.3. The molecule has 0 bridgehead atoms. The van der Waals surface area contributed by atoms with E-state index in [1.807, 2.05) is 19.0 Å². The molecule has 1 unspecified atom stereocenters. The summed E-state index contributed by atoms with van der Waals surface area (Å²) in [5.74, 6) is 0.526. The summed E-state index contributed by atoms with van der Waals surface area (Å²) in [5.41, 5.74) is 0.507. The maximum absolute atomic E-state index is 12.3. The topological polar surface area (TPSA) is 65.5 Å². The quantitative estimate of drug-likeness (QED) is 0.821. The van der Waals surface area contributed by atoms with Gasteiger partial charge in [0.25, 0.3) is 5.91 Å². The molecule has 1 aliphatic heterocycles. The molecular weight excluding hydrogens is 244 g/mol. The molecule has 2 heterocycles. The summed E-state index contributed by atoms with van der Waals surface area (Å²) in [6, 6.07) is 3.10. The van der Waals surface area contributed by atoms with Gasteiger partial charge >= 0.3 is 0 Å². The number of anilines is 1. The molecule has 0 aliphatic carbocycles. The van der Waals surface area contributed by atoms with Gasteiger partial charge in [-0.3, -0.25) is 9.59 Å². The second-order valence-electron chi connectivity index (χ2n) is 4.77. The maximum atomic E-state index is 12.3. The standard InChI is InChI=1S/C13H18N4O2/c1-9-12(18)14-6-7-17(9)13(19)10-4-5-11(15-8-10)16(2)3/h4-5,8-9H,6-7H2,1-3H3,(H,14,18). The van der Waals surface area contributed by atoms with Crippen LogP contribution in [0.1, 0.15) is 17.3 Å². The van der Waals surface area contributed by atoms with Crippen LogP contribution in [0.4, 0.5) is 5.82 Å². The van der Waals surface area contributed by atoms with Crippen molar-refractivity contribution in [2.45, 2.75) is 13.0 Å². The van der Waals surface area contributed by atoms with E-state index < -0.39 is 6.04 Å². The van der Waals surface area contributed by atoms with Crippen molar-refractivity contribution in [2.75, 3.05) is 32.1 Å². The van der Waals surface area contributed by atoms with Crippen molar-refractivity contribution in [1.29, 1.82) is 0 Å². The van der Waals surface area contributed by atoms with Crippen LogP contribution in [0.3, 0.4) is 0 Å². The summed E-state index contributed by atoms with van der Waals surface area (Å²) in [4.78, 5) is 31.5. The molecule has 1 aromatic heterocycles. The lowest BCUT2D eigenvalue weighted by Crippen LogP contribution is -2.55. The smallest absolute Gasteiger partial charge is 0.256 e. The van der Waals surface area contributed by atoms with E-state index >= 15 is 0 Å². The molecule has 0 aromatic carbocycles. The highest BCUT2D eigenvalue weighted by Gasteiger charge is 2.29. The van der Waals surface area contributed by atoms with Crippen molar-refractivity contribution in [3.8, 4) is 0 Å². The van der Waals surface area contributed by atoms with Gasteiger partial charge in [-0.15, -0.1) is 0 Å². The number of rotatable bonds is 2. The van der Waals surface area contributed by atoms with Crippen molar-refractivity contribution in [2.24, 2.45) is 0 Å². The predicted octanol–water partition coefficient (Wildman–Crippen LogP) is 0.108. The minimum atomic E-state index is -0.435. The van der Waals surface area contributed by atoms with Gasteiger partial charge in [0.15, 0.2) is 0 Å². The molecule has 1 aromatic rings. The van der Waals surface area contributed by atoms with Crippen molar-refractivity contribution >= 4 is 17.6 Å². The lowest BCUT2D eigenvalue weighted by atomic mass is 10.1. The number of nitrogens with one attached hydrogen (secondary N) is 1. The van der Waals surface area contributed by atoms with Crippen LogP contribution < -0.4 is 10.2 Å². The Bertz CT molecular complexity index is 484. The molecular formula is C13H18N4O2. The van der Waals surface area contributed by atoms with Crippen LogP contribution in [0.15, 0.2) is 18.3 Å². The van der Waals surface area contributed by atoms with E-state index in [2.05, 4.69) is 10.3 Å². The van der Waals surface area contributed by atoms with Crippen LogP contribution in [-0.4, -0.2) is 54.9 Å². The molecule has 6 nitrogen and oxygen atoms in total. The van der Waals surface area contributed by atoms with E-state index in [9.17, 15) is 9.59 Å². The molecule has 2 rings (SSSR count). The van der Waals surface area contributed by atoms with Crippen LogP contribution in [0, 0.1) is 0 Å². The fourth-order valence-corrected chi connectivity index (χ4v) is 2.00. The van der Waals surface area contributed by atoms with Gasteiger partial charge in [-0.05, 0) is 19.1 Å². The number of hydrogen-bond donors (Lipinski definition) is 1. The van der Waals surface area contributed by atoms with Crippen molar-refractivity contribution in [1.82, 2.24) is 15.2 Å². The van der Waals surface area contributed by atoms with Gasteiger partial charge in [-0.25, -0.2) is 4.98 Å². The molecule has 19 heavy (non-hydrogen) atoms. The van der Waals surface area contributed by atoms with Gasteiger partial charge in [0.05, 0.1) is 5.56 Å². The van der Waals surface area contributed by atoms with E-state index in [0.717, 1.165) is 5.82 Å². The van der Waals surface area contributed by atoms with E-state index in [1.54, 1.807) is 30.2 Å². The summed E-state index contributed by atoms with van der Waals surface area (Å²) in [7, 11) is 3.78. The first-order valence-corrected chi connectivity index (χ1v) is 6.23. The van der Waals surface area contributed by atoms with E-state index in [0.29, 0.717) is 18.7 Å². The third-order valence-corrected chi connectivity index (χ3v) is 3.21. The average Bonchev–Trinajstić information content (AvgIpc) is 2.41. The van der Waals surface area contributed by atoms with Gasteiger partial charge < -0.3 is 15.1 Å². The fraction of sp³-hybridized carbons (Fsp3) is 0.462. The van der Waals surface area contributed by atoms with Gasteiger partial charge in [-0.1, -0.05) is 0 Å². The first-order valence-electron chi connectivity index (χ1n) is 6.23. The highest BCUT2D eigenvalue weighted by Crippen LogP contribution is 2.13. The van der Waals surface area contributed by atoms with Crippen LogP contribution in [0.5, 0.6) is 0 Å². The normalized spacial score (nSPS) is 19.0. The Hall–Kier alpha value is -2.11. The molecule has 0 spiro atoms. The summed E-state index contributed by atoms with van der Waals surface area (Å²) in [5, 5.41) is 2.74. The summed E-state index contributed by atoms with van der Waals surface area (Å²) < 4.78 is 0. The van der Waals surface area contributed by atoms with Gasteiger partial charge in [0.2, 0.25) is 5.91 Å². The Morgan fingerprint density at radius 2 is 2.21 bits per heavy atom. The zero-order valence-electron chi connectivity index (χ0n) is 11.4. The van der Waals surface area contributed by atoms with Crippen LogP contribution in [0.25, 0.3) is 0 Å². The largest absolute Gasteiger partial charge is 0.363 e.